The minimum Gasteiger partial charge on any atom is -0.384 e. The van der Waals surface area contributed by atoms with Gasteiger partial charge in [0.25, 0.3) is 5.95 Å². The highest BCUT2D eigenvalue weighted by Crippen LogP contribution is 2.09. The molecule has 0 saturated heterocycles. The summed E-state index contributed by atoms with van der Waals surface area (Å²) in [6, 6.07) is -0.280. The van der Waals surface area contributed by atoms with Crippen LogP contribution >= 0.6 is 15.9 Å². The first-order valence-corrected chi connectivity index (χ1v) is 4.04. The Labute approximate surface area is 88.4 Å². The van der Waals surface area contributed by atoms with Crippen LogP contribution in [0.5, 0.6) is 0 Å². The number of rotatable bonds is 1. The highest BCUT2D eigenvalue weighted by Gasteiger charge is 2.01. The molecule has 0 atom stereocenters. The maximum Gasteiger partial charge on any atom is 0.252 e. The van der Waals surface area contributed by atoms with Gasteiger partial charge in [-0.25, -0.2) is 9.67 Å². The summed E-state index contributed by atoms with van der Waals surface area (Å²) < 4.78 is 31.0. The first-order chi connectivity index (χ1) is 7.91. The molecule has 2 heterocycles. The van der Waals surface area contributed by atoms with Crippen LogP contribution in [0.25, 0.3) is 5.95 Å². The highest BCUT2D eigenvalue weighted by atomic mass is 79.9. The molecule has 0 saturated carbocycles. The van der Waals surface area contributed by atoms with Crippen LogP contribution in [0.15, 0.2) is 29.0 Å². The molecule has 0 radical (unpaired) electrons. The van der Waals surface area contributed by atoms with Gasteiger partial charge in [0, 0.05) is 12.3 Å². The van der Waals surface area contributed by atoms with Crippen molar-refractivity contribution in [2.24, 2.45) is 0 Å². The van der Waals surface area contributed by atoms with E-state index in [9.17, 15) is 0 Å². The van der Waals surface area contributed by atoms with Crippen molar-refractivity contribution in [1.29, 1.82) is 0 Å². The summed E-state index contributed by atoms with van der Waals surface area (Å²) in [5.74, 6) is -0.273. The lowest BCUT2D eigenvalue weighted by Gasteiger charge is -1.98. The van der Waals surface area contributed by atoms with Crippen molar-refractivity contribution in [3.63, 3.8) is 0 Å². The predicted octanol–water partition coefficient (Wildman–Crippen LogP) is 1.01. The number of nitrogens with two attached hydrogens (primary N) is 1. The van der Waals surface area contributed by atoms with Crippen molar-refractivity contribution in [3.8, 4) is 5.95 Å². The summed E-state index contributed by atoms with van der Waals surface area (Å²) in [5.41, 5.74) is 5.43. The molecule has 0 amide bonds. The van der Waals surface area contributed by atoms with E-state index in [0.717, 1.165) is 4.68 Å². The van der Waals surface area contributed by atoms with Crippen molar-refractivity contribution in [1.82, 2.24) is 19.7 Å². The summed E-state index contributed by atoms with van der Waals surface area (Å²) >= 11 is 3.02. The van der Waals surface area contributed by atoms with Crippen LogP contribution < -0.4 is 5.73 Å². The molecule has 0 aromatic carbocycles. The van der Waals surface area contributed by atoms with Gasteiger partial charge >= 0.3 is 0 Å². The molecular formula is C7H6BrN5. The molecule has 2 rings (SSSR count). The first-order valence-electron chi connectivity index (χ1n) is 5.24. The summed E-state index contributed by atoms with van der Waals surface area (Å²) in [6.45, 7) is 0. The number of anilines is 1. The van der Waals surface area contributed by atoms with Gasteiger partial charge in [-0.2, -0.15) is 10.1 Å². The third kappa shape index (κ3) is 1.67. The van der Waals surface area contributed by atoms with Gasteiger partial charge in [-0.05, 0) is 22.0 Å². The molecular weight excluding hydrogens is 234 g/mol. The largest absolute Gasteiger partial charge is 0.384 e. The normalized spacial score (nSPS) is 14.5. The molecule has 2 N–H and O–H groups in total. The Hall–Kier alpha value is -1.43. The number of nitrogen functional groups attached to an aromatic ring is 1. The van der Waals surface area contributed by atoms with Crippen LogP contribution in [-0.4, -0.2) is 19.7 Å². The molecule has 2 aromatic rings. The molecule has 6 heteroatoms. The standard InChI is InChI=1S/C7H6BrN5/c8-5-3-11-13(4-5)7-10-2-1-6(9)12-7/h1-4H,(H2,9,10,12)/i1D,2D,3D,4D. The fraction of sp³-hybridized carbons (Fsp3) is 0. The van der Waals surface area contributed by atoms with E-state index in [1.54, 1.807) is 0 Å². The molecule has 2 aromatic heterocycles. The highest BCUT2D eigenvalue weighted by molar-refractivity contribution is 9.10. The summed E-state index contributed by atoms with van der Waals surface area (Å²) in [4.78, 5) is 7.44. The van der Waals surface area contributed by atoms with Gasteiger partial charge in [0.1, 0.15) is 5.82 Å². The molecule has 0 bridgehead atoms. The van der Waals surface area contributed by atoms with Crippen LogP contribution in [0.4, 0.5) is 5.82 Å². The number of aromatic nitrogens is 4. The minimum atomic E-state index is -0.356. The Balaban J connectivity index is 2.65. The number of hydrogen-bond donors (Lipinski definition) is 1. The zero-order chi connectivity index (χ0) is 12.7. The van der Waals surface area contributed by atoms with Crippen LogP contribution in [0.1, 0.15) is 5.48 Å². The van der Waals surface area contributed by atoms with Crippen molar-refractivity contribution in [2.75, 3.05) is 5.73 Å². The molecule has 0 aliphatic heterocycles. The third-order valence-electron chi connectivity index (χ3n) is 1.20. The molecule has 0 unspecified atom stereocenters. The van der Waals surface area contributed by atoms with Crippen LogP contribution in [0.2, 0.25) is 0 Å². The van der Waals surface area contributed by atoms with Crippen molar-refractivity contribution in [3.05, 3.63) is 29.0 Å². The second-order valence-electron chi connectivity index (χ2n) is 2.10. The predicted molar refractivity (Wildman–Crippen MR) is 51.3 cm³/mol. The molecule has 5 nitrogen and oxygen atoms in total. The lowest BCUT2D eigenvalue weighted by atomic mass is 10.6. The summed E-state index contributed by atoms with van der Waals surface area (Å²) in [7, 11) is 0. The van der Waals surface area contributed by atoms with Gasteiger partial charge in [-0.15, -0.1) is 0 Å². The quantitative estimate of drug-likeness (QED) is 0.812. The number of nitrogens with zero attached hydrogens (tertiary/aromatic N) is 4. The van der Waals surface area contributed by atoms with Gasteiger partial charge in [0.05, 0.1) is 16.1 Å². The van der Waals surface area contributed by atoms with E-state index in [1.165, 1.54) is 0 Å². The smallest absolute Gasteiger partial charge is 0.252 e. The maximum absolute atomic E-state index is 7.65. The molecule has 0 fully saturated rings. The van der Waals surface area contributed by atoms with E-state index in [1.807, 2.05) is 0 Å². The third-order valence-corrected chi connectivity index (χ3v) is 1.56. The van der Waals surface area contributed by atoms with E-state index >= 15 is 0 Å². The summed E-state index contributed by atoms with van der Waals surface area (Å²) in [6.07, 6.45) is -0.616. The van der Waals surface area contributed by atoms with E-state index in [0.29, 0.717) is 0 Å². The molecule has 13 heavy (non-hydrogen) atoms. The molecule has 0 aliphatic rings. The average Bonchev–Trinajstić information content (AvgIpc) is 2.53. The zero-order valence-electron chi connectivity index (χ0n) is 10.2. The van der Waals surface area contributed by atoms with E-state index in [-0.39, 0.29) is 40.8 Å². The average molecular weight is 244 g/mol. The van der Waals surface area contributed by atoms with Crippen molar-refractivity contribution in [2.45, 2.75) is 0 Å². The minimum absolute atomic E-state index is 0.104. The van der Waals surface area contributed by atoms with Crippen molar-refractivity contribution >= 4 is 21.7 Å². The van der Waals surface area contributed by atoms with Crippen molar-refractivity contribution < 1.29 is 5.48 Å². The number of halogens is 1. The Kier molecular flexibility index (Phi) is 1.14. The van der Waals surface area contributed by atoms with E-state index in [4.69, 9.17) is 11.2 Å². The van der Waals surface area contributed by atoms with Gasteiger partial charge in [-0.1, -0.05) is 0 Å². The Bertz CT molecular complexity index is 575. The monoisotopic (exact) mass is 243 g/mol. The van der Waals surface area contributed by atoms with Gasteiger partial charge in [0.15, 0.2) is 0 Å². The lowest BCUT2D eigenvalue weighted by Crippen LogP contribution is -2.02. The van der Waals surface area contributed by atoms with Gasteiger partial charge in [-0.3, -0.25) is 0 Å². The number of hydrogen-bond acceptors (Lipinski definition) is 4. The maximum atomic E-state index is 7.65. The second kappa shape index (κ2) is 3.14. The zero-order valence-corrected chi connectivity index (χ0v) is 7.83. The fourth-order valence-electron chi connectivity index (χ4n) is 0.722. The Morgan fingerprint density at radius 2 is 2.46 bits per heavy atom. The van der Waals surface area contributed by atoms with Gasteiger partial charge < -0.3 is 5.73 Å². The lowest BCUT2D eigenvalue weighted by molar-refractivity contribution is 0.810. The molecule has 0 aliphatic carbocycles. The van der Waals surface area contributed by atoms with E-state index in [2.05, 4.69) is 31.0 Å². The van der Waals surface area contributed by atoms with Crippen LogP contribution in [0, 0.1) is 0 Å². The fourth-order valence-corrected chi connectivity index (χ4v) is 0.969. The second-order valence-corrected chi connectivity index (χ2v) is 2.89. The first kappa shape index (κ1) is 4.71. The Morgan fingerprint density at radius 1 is 1.62 bits per heavy atom. The van der Waals surface area contributed by atoms with Crippen LogP contribution in [0.3, 0.4) is 0 Å². The summed E-state index contributed by atoms with van der Waals surface area (Å²) in [5, 5.41) is 3.72. The van der Waals surface area contributed by atoms with Crippen LogP contribution in [-0.2, 0) is 0 Å². The van der Waals surface area contributed by atoms with E-state index < -0.39 is 0 Å². The molecule has 66 valence electrons. The topological polar surface area (TPSA) is 69.6 Å². The Morgan fingerprint density at radius 3 is 3.08 bits per heavy atom. The van der Waals surface area contributed by atoms with Gasteiger partial charge in [0.2, 0.25) is 0 Å². The SMILES string of the molecule is [2H]c1nc(-n2nc([2H])c(Br)c2[2H])nc(N)c1[2H]. The molecule has 0 spiro atoms.